The summed E-state index contributed by atoms with van der Waals surface area (Å²) >= 11 is 0. The van der Waals surface area contributed by atoms with Gasteiger partial charge in [0.25, 0.3) is 0 Å². The van der Waals surface area contributed by atoms with E-state index in [1.54, 1.807) is 0 Å². The topological polar surface area (TPSA) is 51.2 Å². The molecule has 3 rings (SSSR count). The number of rotatable bonds is 7. The van der Waals surface area contributed by atoms with Crippen LogP contribution in [0, 0.1) is 5.92 Å². The van der Waals surface area contributed by atoms with Crippen LogP contribution in [0.5, 0.6) is 0 Å². The Kier molecular flexibility index (Phi) is 5.98. The van der Waals surface area contributed by atoms with Crippen molar-refractivity contribution in [1.82, 2.24) is 0 Å². The second-order valence-electron chi connectivity index (χ2n) is 7.80. The SMILES string of the molecule is CCCCCCc1ccc(C(=O)C2CC3CCCC(C2)S3(=O)=O)cc1. The van der Waals surface area contributed by atoms with Crippen LogP contribution in [0.1, 0.15) is 80.6 Å². The lowest BCUT2D eigenvalue weighted by Gasteiger charge is -2.38. The molecule has 0 spiro atoms. The first-order valence-electron chi connectivity index (χ1n) is 9.88. The van der Waals surface area contributed by atoms with Gasteiger partial charge in [-0.1, -0.05) is 56.9 Å². The molecule has 1 aromatic carbocycles. The molecule has 3 nitrogen and oxygen atoms in total. The van der Waals surface area contributed by atoms with E-state index in [9.17, 15) is 13.2 Å². The van der Waals surface area contributed by atoms with Crippen LogP contribution in [-0.2, 0) is 16.3 Å². The summed E-state index contributed by atoms with van der Waals surface area (Å²) in [4.78, 5) is 12.9. The largest absolute Gasteiger partial charge is 0.294 e. The van der Waals surface area contributed by atoms with Crippen molar-refractivity contribution >= 4 is 15.6 Å². The molecule has 4 heteroatoms. The van der Waals surface area contributed by atoms with Crippen LogP contribution in [-0.4, -0.2) is 24.7 Å². The van der Waals surface area contributed by atoms with Crippen LogP contribution < -0.4 is 0 Å². The first-order valence-corrected chi connectivity index (χ1v) is 11.5. The number of carbonyl (C=O) groups excluding carboxylic acids is 1. The third kappa shape index (κ3) is 4.16. The van der Waals surface area contributed by atoms with Crippen molar-refractivity contribution < 1.29 is 13.2 Å². The molecule has 2 aliphatic heterocycles. The van der Waals surface area contributed by atoms with E-state index in [4.69, 9.17) is 0 Å². The Balaban J connectivity index is 1.62. The molecule has 2 fully saturated rings. The maximum absolute atomic E-state index is 12.9. The number of aryl methyl sites for hydroxylation is 1. The minimum atomic E-state index is -2.99. The van der Waals surface area contributed by atoms with E-state index in [0.29, 0.717) is 12.8 Å². The Bertz CT molecular complexity index is 670. The second-order valence-corrected chi connectivity index (χ2v) is 10.3. The number of hydrogen-bond acceptors (Lipinski definition) is 3. The fourth-order valence-corrected chi connectivity index (χ4v) is 6.99. The molecule has 138 valence electrons. The molecule has 0 radical (unpaired) electrons. The van der Waals surface area contributed by atoms with E-state index < -0.39 is 9.84 Å². The summed E-state index contributed by atoms with van der Waals surface area (Å²) < 4.78 is 24.8. The number of carbonyl (C=O) groups is 1. The van der Waals surface area contributed by atoms with E-state index >= 15 is 0 Å². The first kappa shape index (κ1) is 18.6. The maximum Gasteiger partial charge on any atom is 0.166 e. The summed E-state index contributed by atoms with van der Waals surface area (Å²) in [6, 6.07) is 8.02. The molecule has 2 aliphatic rings. The van der Waals surface area contributed by atoms with Crippen LogP contribution in [0.2, 0.25) is 0 Å². The van der Waals surface area contributed by atoms with Gasteiger partial charge in [0, 0.05) is 11.5 Å². The van der Waals surface area contributed by atoms with Gasteiger partial charge in [-0.2, -0.15) is 0 Å². The smallest absolute Gasteiger partial charge is 0.166 e. The predicted molar refractivity (Wildman–Crippen MR) is 102 cm³/mol. The molecular formula is C21H30O3S. The summed E-state index contributed by atoms with van der Waals surface area (Å²) in [5, 5.41) is -0.571. The van der Waals surface area contributed by atoms with E-state index in [0.717, 1.165) is 31.2 Å². The van der Waals surface area contributed by atoms with Crippen LogP contribution in [0.25, 0.3) is 0 Å². The average molecular weight is 363 g/mol. The molecule has 0 N–H and O–H groups in total. The quantitative estimate of drug-likeness (QED) is 0.520. The van der Waals surface area contributed by atoms with Crippen LogP contribution >= 0.6 is 0 Å². The minimum absolute atomic E-state index is 0.116. The van der Waals surface area contributed by atoms with Crippen LogP contribution in [0.3, 0.4) is 0 Å². The van der Waals surface area contributed by atoms with E-state index in [1.807, 2.05) is 12.1 Å². The average Bonchev–Trinajstić information content (AvgIpc) is 2.58. The normalized spacial score (nSPS) is 27.8. The molecule has 25 heavy (non-hydrogen) atoms. The Morgan fingerprint density at radius 1 is 1.00 bits per heavy atom. The van der Waals surface area contributed by atoms with Crippen LogP contribution in [0.4, 0.5) is 0 Å². The minimum Gasteiger partial charge on any atom is -0.294 e. The van der Waals surface area contributed by atoms with E-state index in [2.05, 4.69) is 19.1 Å². The highest BCUT2D eigenvalue weighted by Gasteiger charge is 2.45. The molecule has 2 bridgehead atoms. The van der Waals surface area contributed by atoms with Gasteiger partial charge in [-0.15, -0.1) is 0 Å². The third-order valence-electron chi connectivity index (χ3n) is 6.00. The number of fused-ring (bicyclic) bond motifs is 2. The van der Waals surface area contributed by atoms with Crippen molar-refractivity contribution in [1.29, 1.82) is 0 Å². The fourth-order valence-electron chi connectivity index (χ4n) is 4.45. The van der Waals surface area contributed by atoms with Gasteiger partial charge in [0.15, 0.2) is 15.6 Å². The van der Waals surface area contributed by atoms with Gasteiger partial charge in [0.1, 0.15) is 0 Å². The first-order chi connectivity index (χ1) is 12.0. The summed E-state index contributed by atoms with van der Waals surface area (Å²) in [6.45, 7) is 2.21. The van der Waals surface area contributed by atoms with Crippen LogP contribution in [0.15, 0.2) is 24.3 Å². The maximum atomic E-state index is 12.9. The summed E-state index contributed by atoms with van der Waals surface area (Å²) in [7, 11) is -2.99. The van der Waals surface area contributed by atoms with Crippen molar-refractivity contribution in [2.24, 2.45) is 5.92 Å². The molecule has 2 unspecified atom stereocenters. The molecule has 2 heterocycles. The van der Waals surface area contributed by atoms with E-state index in [1.165, 1.54) is 31.2 Å². The molecule has 0 aromatic heterocycles. The summed E-state index contributed by atoms with van der Waals surface area (Å²) in [6.07, 6.45) is 9.56. The zero-order valence-corrected chi connectivity index (χ0v) is 16.1. The highest BCUT2D eigenvalue weighted by molar-refractivity contribution is 7.92. The highest BCUT2D eigenvalue weighted by atomic mass is 32.2. The Hall–Kier alpha value is -1.16. The van der Waals surface area contributed by atoms with Crippen molar-refractivity contribution in [3.8, 4) is 0 Å². The van der Waals surface area contributed by atoms with Gasteiger partial charge in [-0.25, -0.2) is 8.42 Å². The number of sulfone groups is 1. The number of Topliss-reactive ketones (excluding diaryl/α,β-unsaturated/α-hetero) is 1. The van der Waals surface area contributed by atoms with Crippen molar-refractivity contribution in [2.45, 2.75) is 81.6 Å². The lowest BCUT2D eigenvalue weighted by molar-refractivity contribution is 0.0894. The molecule has 1 aromatic rings. The number of benzene rings is 1. The van der Waals surface area contributed by atoms with Crippen molar-refractivity contribution in [3.63, 3.8) is 0 Å². The van der Waals surface area contributed by atoms with Gasteiger partial charge in [-0.05, 0) is 44.1 Å². The summed E-state index contributed by atoms with van der Waals surface area (Å²) in [5.41, 5.74) is 2.04. The molecular weight excluding hydrogens is 332 g/mol. The van der Waals surface area contributed by atoms with E-state index in [-0.39, 0.29) is 22.2 Å². The highest BCUT2D eigenvalue weighted by Crippen LogP contribution is 2.40. The Morgan fingerprint density at radius 2 is 1.64 bits per heavy atom. The summed E-state index contributed by atoms with van der Waals surface area (Å²) in [5.74, 6) is 0.0264. The zero-order chi connectivity index (χ0) is 17.9. The van der Waals surface area contributed by atoms with Gasteiger partial charge < -0.3 is 0 Å². The van der Waals surface area contributed by atoms with Gasteiger partial charge in [-0.3, -0.25) is 4.79 Å². The zero-order valence-electron chi connectivity index (χ0n) is 15.2. The number of ketones is 1. The number of hydrogen-bond donors (Lipinski definition) is 0. The monoisotopic (exact) mass is 362 g/mol. The fraction of sp³-hybridized carbons (Fsp3) is 0.667. The standard InChI is InChI=1S/C21H30O3S/c1-2-3-4-5-7-16-10-12-17(13-11-16)21(22)18-14-19-8-6-9-20(15-18)25(19,23)24/h10-13,18-20H,2-9,14-15H2,1H3. The molecule has 0 aliphatic carbocycles. The van der Waals surface area contributed by atoms with Crippen molar-refractivity contribution in [2.75, 3.05) is 0 Å². The second kappa shape index (κ2) is 8.03. The number of unbranched alkanes of at least 4 members (excludes halogenated alkanes) is 3. The Morgan fingerprint density at radius 3 is 2.24 bits per heavy atom. The van der Waals surface area contributed by atoms with Gasteiger partial charge in [0.05, 0.1) is 10.5 Å². The third-order valence-corrected chi connectivity index (χ3v) is 8.72. The molecule has 2 saturated heterocycles. The molecule has 0 saturated carbocycles. The Labute approximate surface area is 152 Å². The lowest BCUT2D eigenvalue weighted by Crippen LogP contribution is -2.45. The van der Waals surface area contributed by atoms with Gasteiger partial charge >= 0.3 is 0 Å². The lowest BCUT2D eigenvalue weighted by atomic mass is 9.84. The predicted octanol–water partition coefficient (Wildman–Crippen LogP) is 4.74. The van der Waals surface area contributed by atoms with Crippen molar-refractivity contribution in [3.05, 3.63) is 35.4 Å². The molecule has 2 atom stereocenters. The van der Waals surface area contributed by atoms with Gasteiger partial charge in [0.2, 0.25) is 0 Å². The molecule has 0 amide bonds.